The zero-order valence-corrected chi connectivity index (χ0v) is 19.6. The van der Waals surface area contributed by atoms with Crippen LogP contribution in [0.2, 0.25) is 0 Å². The lowest BCUT2D eigenvalue weighted by Gasteiger charge is -2.15. The number of amides is 1. The molecule has 1 heterocycles. The van der Waals surface area contributed by atoms with Gasteiger partial charge in [-0.1, -0.05) is 30.3 Å². The molecule has 0 saturated carbocycles. The number of carboxylic acid groups (broad SMARTS) is 1. The molecule has 1 unspecified atom stereocenters. The Morgan fingerprint density at radius 1 is 1.03 bits per heavy atom. The van der Waals surface area contributed by atoms with E-state index in [4.69, 9.17) is 14.6 Å². The second-order valence-corrected chi connectivity index (χ2v) is 8.00. The van der Waals surface area contributed by atoms with Crippen LogP contribution in [-0.4, -0.2) is 32.9 Å². The van der Waals surface area contributed by atoms with Gasteiger partial charge in [-0.3, -0.25) is 4.79 Å². The molecule has 9 heteroatoms. The number of anilines is 1. The molecule has 36 heavy (non-hydrogen) atoms. The normalized spacial score (nSPS) is 11.6. The third kappa shape index (κ3) is 5.76. The number of halogens is 1. The second-order valence-electron chi connectivity index (χ2n) is 8.00. The van der Waals surface area contributed by atoms with Crippen molar-refractivity contribution in [2.75, 3.05) is 5.32 Å². The topological polar surface area (TPSA) is 103 Å². The first-order chi connectivity index (χ1) is 17.3. The van der Waals surface area contributed by atoms with Gasteiger partial charge in [0.25, 0.3) is 5.91 Å². The van der Waals surface area contributed by atoms with Crippen LogP contribution in [0.25, 0.3) is 11.3 Å². The van der Waals surface area contributed by atoms with Gasteiger partial charge in [0.05, 0.1) is 17.7 Å². The largest absolute Gasteiger partial charge is 0.478 e. The molecule has 2 N–H and O–H groups in total. The van der Waals surface area contributed by atoms with Crippen molar-refractivity contribution < 1.29 is 28.6 Å². The summed E-state index contributed by atoms with van der Waals surface area (Å²) in [4.78, 5) is 23.7. The molecule has 4 rings (SSSR count). The molecule has 8 nitrogen and oxygen atoms in total. The Bertz CT molecular complexity index is 1350. The maximum Gasteiger partial charge on any atom is 0.335 e. The summed E-state index contributed by atoms with van der Waals surface area (Å²) in [7, 11) is 1.73. The standard InChI is InChI=1S/C27H24FN3O5/c1-17(25(32)29-21-12-8-19(9-13-21)27(33)34)35-16-23-24(18-6-4-3-5-7-18)30-31(2)26(23)36-22-14-10-20(28)11-15-22/h3-15,17H,16H2,1-2H3,(H,29,32)(H,33,34). The molecule has 0 saturated heterocycles. The van der Waals surface area contributed by atoms with E-state index in [1.165, 1.54) is 48.5 Å². The summed E-state index contributed by atoms with van der Waals surface area (Å²) in [6, 6.07) is 21.0. The number of rotatable bonds is 9. The van der Waals surface area contributed by atoms with Gasteiger partial charge in [0.2, 0.25) is 5.88 Å². The van der Waals surface area contributed by atoms with Crippen LogP contribution < -0.4 is 10.1 Å². The number of carboxylic acids is 1. The quantitative estimate of drug-likeness (QED) is 0.333. The van der Waals surface area contributed by atoms with Crippen LogP contribution in [0.3, 0.4) is 0 Å². The summed E-state index contributed by atoms with van der Waals surface area (Å²) in [6.45, 7) is 1.63. The molecular weight excluding hydrogens is 465 g/mol. The van der Waals surface area contributed by atoms with Crippen molar-refractivity contribution in [2.24, 2.45) is 7.05 Å². The number of aryl methyl sites for hydroxylation is 1. The Kier molecular flexibility index (Phi) is 7.41. The van der Waals surface area contributed by atoms with E-state index >= 15 is 0 Å². The van der Waals surface area contributed by atoms with Crippen molar-refractivity contribution >= 4 is 17.6 Å². The molecular formula is C27H24FN3O5. The SMILES string of the molecule is CC(OCc1c(-c2ccccc2)nn(C)c1Oc1ccc(F)cc1)C(=O)Nc1ccc(C(=O)O)cc1. The van der Waals surface area contributed by atoms with Crippen molar-refractivity contribution in [3.63, 3.8) is 0 Å². The molecule has 0 radical (unpaired) electrons. The third-order valence-electron chi connectivity index (χ3n) is 5.41. The van der Waals surface area contributed by atoms with Crippen molar-refractivity contribution in [2.45, 2.75) is 19.6 Å². The van der Waals surface area contributed by atoms with Gasteiger partial charge in [0.15, 0.2) is 0 Å². The second kappa shape index (κ2) is 10.8. The first-order valence-corrected chi connectivity index (χ1v) is 11.1. The number of carbonyl (C=O) groups excluding carboxylic acids is 1. The Morgan fingerprint density at radius 2 is 1.69 bits per heavy atom. The van der Waals surface area contributed by atoms with Gasteiger partial charge >= 0.3 is 5.97 Å². The van der Waals surface area contributed by atoms with Gasteiger partial charge in [0, 0.05) is 18.3 Å². The highest BCUT2D eigenvalue weighted by Crippen LogP contribution is 2.34. The number of nitrogens with zero attached hydrogens (tertiary/aromatic N) is 2. The Labute approximate surface area is 206 Å². The summed E-state index contributed by atoms with van der Waals surface area (Å²) in [6.07, 6.45) is -0.841. The molecule has 184 valence electrons. The van der Waals surface area contributed by atoms with E-state index in [1.54, 1.807) is 18.7 Å². The fraction of sp³-hybridized carbons (Fsp3) is 0.148. The number of carbonyl (C=O) groups is 2. The molecule has 4 aromatic rings. The first kappa shape index (κ1) is 24.6. The maximum atomic E-state index is 13.3. The van der Waals surface area contributed by atoms with Crippen LogP contribution in [0.5, 0.6) is 11.6 Å². The van der Waals surface area contributed by atoms with Crippen LogP contribution in [0.1, 0.15) is 22.8 Å². The number of aromatic carboxylic acids is 1. The lowest BCUT2D eigenvalue weighted by Crippen LogP contribution is -2.27. The monoisotopic (exact) mass is 489 g/mol. The zero-order valence-electron chi connectivity index (χ0n) is 19.6. The van der Waals surface area contributed by atoms with Crippen molar-refractivity contribution in [3.8, 4) is 22.9 Å². The third-order valence-corrected chi connectivity index (χ3v) is 5.41. The van der Waals surface area contributed by atoms with E-state index in [-0.39, 0.29) is 18.0 Å². The molecule has 0 fully saturated rings. The lowest BCUT2D eigenvalue weighted by molar-refractivity contribution is -0.127. The molecule has 1 amide bonds. The minimum atomic E-state index is -1.05. The minimum absolute atomic E-state index is 0.0150. The van der Waals surface area contributed by atoms with Crippen molar-refractivity contribution in [1.29, 1.82) is 0 Å². The van der Waals surface area contributed by atoms with E-state index in [2.05, 4.69) is 10.4 Å². The van der Waals surface area contributed by atoms with E-state index in [9.17, 15) is 14.0 Å². The zero-order chi connectivity index (χ0) is 25.7. The first-order valence-electron chi connectivity index (χ1n) is 11.1. The van der Waals surface area contributed by atoms with Gasteiger partial charge in [-0.25, -0.2) is 13.9 Å². The van der Waals surface area contributed by atoms with Crippen LogP contribution >= 0.6 is 0 Å². The highest BCUT2D eigenvalue weighted by atomic mass is 19.1. The number of hydrogen-bond acceptors (Lipinski definition) is 5. The van der Waals surface area contributed by atoms with Crippen LogP contribution in [0.4, 0.5) is 10.1 Å². The number of nitrogens with one attached hydrogen (secondary N) is 1. The molecule has 1 atom stereocenters. The predicted octanol–water partition coefficient (Wildman–Crippen LogP) is 5.26. The van der Waals surface area contributed by atoms with Gasteiger partial charge in [-0.15, -0.1) is 0 Å². The number of aromatic nitrogens is 2. The summed E-state index contributed by atoms with van der Waals surface area (Å²) >= 11 is 0. The Morgan fingerprint density at radius 3 is 2.33 bits per heavy atom. The highest BCUT2D eigenvalue weighted by Gasteiger charge is 2.22. The van der Waals surface area contributed by atoms with E-state index in [0.29, 0.717) is 28.6 Å². The van der Waals surface area contributed by atoms with Crippen LogP contribution in [0.15, 0.2) is 78.9 Å². The average molecular weight is 490 g/mol. The Hall–Kier alpha value is -4.50. The molecule has 1 aromatic heterocycles. The molecule has 0 aliphatic carbocycles. The van der Waals surface area contributed by atoms with Gasteiger partial charge in [0.1, 0.15) is 23.4 Å². The summed E-state index contributed by atoms with van der Waals surface area (Å²) < 4.78 is 26.8. The van der Waals surface area contributed by atoms with E-state index < -0.39 is 18.0 Å². The fourth-order valence-electron chi connectivity index (χ4n) is 3.48. The highest BCUT2D eigenvalue weighted by molar-refractivity contribution is 5.94. The molecule has 0 aliphatic heterocycles. The van der Waals surface area contributed by atoms with Gasteiger partial charge < -0.3 is 19.9 Å². The number of benzene rings is 3. The maximum absolute atomic E-state index is 13.3. The number of ether oxygens (including phenoxy) is 2. The van der Waals surface area contributed by atoms with E-state index in [0.717, 1.165) is 5.56 Å². The van der Waals surface area contributed by atoms with E-state index in [1.807, 2.05) is 30.3 Å². The minimum Gasteiger partial charge on any atom is -0.478 e. The molecule has 3 aromatic carbocycles. The Balaban J connectivity index is 1.53. The van der Waals surface area contributed by atoms with Crippen molar-refractivity contribution in [1.82, 2.24) is 9.78 Å². The summed E-state index contributed by atoms with van der Waals surface area (Å²) in [5, 5.41) is 16.3. The average Bonchev–Trinajstić information content (AvgIpc) is 3.19. The predicted molar refractivity (Wildman–Crippen MR) is 131 cm³/mol. The summed E-state index contributed by atoms with van der Waals surface area (Å²) in [5.41, 5.74) is 2.67. The lowest BCUT2D eigenvalue weighted by atomic mass is 10.1. The van der Waals surface area contributed by atoms with Gasteiger partial charge in [-0.2, -0.15) is 5.10 Å². The number of hydrogen-bond donors (Lipinski definition) is 2. The molecule has 0 bridgehead atoms. The van der Waals surface area contributed by atoms with Crippen LogP contribution in [0, 0.1) is 5.82 Å². The van der Waals surface area contributed by atoms with Gasteiger partial charge in [-0.05, 0) is 55.5 Å². The smallest absolute Gasteiger partial charge is 0.335 e. The molecule has 0 spiro atoms. The fourth-order valence-corrected chi connectivity index (χ4v) is 3.48. The van der Waals surface area contributed by atoms with Crippen LogP contribution in [-0.2, 0) is 23.2 Å². The van der Waals surface area contributed by atoms with Crippen molar-refractivity contribution in [3.05, 3.63) is 95.8 Å². The molecule has 0 aliphatic rings. The summed E-state index contributed by atoms with van der Waals surface area (Å²) in [5.74, 6) is -0.996.